The molecule has 0 aliphatic rings. The summed E-state index contributed by atoms with van der Waals surface area (Å²) in [6.45, 7) is 0. The smallest absolute Gasteiger partial charge is 0.291 e. The van der Waals surface area contributed by atoms with Gasteiger partial charge in [0.25, 0.3) is 11.8 Å². The number of methoxy groups -OCH3 is 1. The van der Waals surface area contributed by atoms with Crippen LogP contribution >= 0.6 is 11.6 Å². The Hall–Kier alpha value is -3.51. The Morgan fingerprint density at radius 3 is 2.36 bits per heavy atom. The number of hydrogen-bond donors (Lipinski definition) is 2. The van der Waals surface area contributed by atoms with Gasteiger partial charge in [-0.05, 0) is 60.2 Å². The van der Waals surface area contributed by atoms with Gasteiger partial charge in [0.15, 0.2) is 5.76 Å². The lowest BCUT2D eigenvalue weighted by atomic mass is 10.2. The van der Waals surface area contributed by atoms with Crippen LogP contribution in [0.1, 0.15) is 16.1 Å². The van der Waals surface area contributed by atoms with E-state index in [1.54, 1.807) is 67.8 Å². The van der Waals surface area contributed by atoms with Crippen LogP contribution in [0.3, 0.4) is 0 Å². The van der Waals surface area contributed by atoms with Crippen molar-refractivity contribution in [1.29, 1.82) is 0 Å². The molecule has 2 N–H and O–H groups in total. The van der Waals surface area contributed by atoms with Crippen LogP contribution in [0, 0.1) is 0 Å². The number of halogens is 1. The van der Waals surface area contributed by atoms with Crippen LogP contribution in [0.25, 0.3) is 6.08 Å². The first kappa shape index (κ1) is 19.3. The van der Waals surface area contributed by atoms with Gasteiger partial charge >= 0.3 is 0 Å². The minimum absolute atomic E-state index is 0.0551. The van der Waals surface area contributed by atoms with Gasteiger partial charge in [-0.15, -0.1) is 0 Å². The molecule has 2 aromatic carbocycles. The number of amides is 2. The molecule has 3 rings (SSSR count). The van der Waals surface area contributed by atoms with Crippen molar-refractivity contribution in [3.63, 3.8) is 0 Å². The van der Waals surface area contributed by atoms with Gasteiger partial charge < -0.3 is 19.8 Å². The normalized spacial score (nSPS) is 11.0. The molecule has 142 valence electrons. The predicted molar refractivity (Wildman–Crippen MR) is 107 cm³/mol. The van der Waals surface area contributed by atoms with Crippen molar-refractivity contribution in [3.8, 4) is 5.75 Å². The van der Waals surface area contributed by atoms with Crippen molar-refractivity contribution < 1.29 is 18.7 Å². The maximum Gasteiger partial charge on any atom is 0.291 e. The summed E-state index contributed by atoms with van der Waals surface area (Å²) in [7, 11) is 1.56. The number of hydrogen-bond acceptors (Lipinski definition) is 4. The van der Waals surface area contributed by atoms with E-state index in [2.05, 4.69) is 10.6 Å². The van der Waals surface area contributed by atoms with Gasteiger partial charge in [0.1, 0.15) is 11.4 Å². The van der Waals surface area contributed by atoms with Gasteiger partial charge in [0, 0.05) is 10.7 Å². The Labute approximate surface area is 166 Å². The van der Waals surface area contributed by atoms with Crippen molar-refractivity contribution in [2.75, 3.05) is 12.4 Å². The largest absolute Gasteiger partial charge is 0.497 e. The van der Waals surface area contributed by atoms with Crippen LogP contribution in [0.15, 0.2) is 77.0 Å². The van der Waals surface area contributed by atoms with Crippen molar-refractivity contribution in [2.45, 2.75) is 0 Å². The summed E-state index contributed by atoms with van der Waals surface area (Å²) < 4.78 is 10.2. The van der Waals surface area contributed by atoms with Crippen molar-refractivity contribution in [2.24, 2.45) is 0 Å². The minimum atomic E-state index is -0.532. The van der Waals surface area contributed by atoms with Gasteiger partial charge in [0.2, 0.25) is 0 Å². The average molecular weight is 397 g/mol. The number of nitrogens with one attached hydrogen (secondary N) is 2. The second kappa shape index (κ2) is 8.92. The van der Waals surface area contributed by atoms with Gasteiger partial charge in [-0.1, -0.05) is 23.7 Å². The van der Waals surface area contributed by atoms with Crippen LogP contribution in [0.2, 0.25) is 5.02 Å². The summed E-state index contributed by atoms with van der Waals surface area (Å²) >= 11 is 5.90. The molecule has 7 heteroatoms. The molecule has 0 aliphatic heterocycles. The first-order valence-electron chi connectivity index (χ1n) is 8.32. The SMILES string of the molecule is COc1ccc(NC(=O)/C(=C\c2ccc(Cl)cc2)NC(=O)c2ccco2)cc1. The highest BCUT2D eigenvalue weighted by molar-refractivity contribution is 6.30. The summed E-state index contributed by atoms with van der Waals surface area (Å²) in [6, 6.07) is 16.8. The first-order valence-corrected chi connectivity index (χ1v) is 8.70. The van der Waals surface area contributed by atoms with Gasteiger partial charge in [0.05, 0.1) is 13.4 Å². The molecule has 0 bridgehead atoms. The maximum absolute atomic E-state index is 12.8. The zero-order chi connectivity index (χ0) is 19.9. The molecule has 0 radical (unpaired) electrons. The fraction of sp³-hybridized carbons (Fsp3) is 0.0476. The van der Waals surface area contributed by atoms with E-state index < -0.39 is 11.8 Å². The summed E-state index contributed by atoms with van der Waals surface area (Å²) in [5, 5.41) is 5.90. The van der Waals surface area contributed by atoms with Crippen LogP contribution in [-0.2, 0) is 4.79 Å². The van der Waals surface area contributed by atoms with Crippen molar-refractivity contribution >= 4 is 35.2 Å². The first-order chi connectivity index (χ1) is 13.5. The Balaban J connectivity index is 1.84. The third kappa shape index (κ3) is 5.02. The Bertz CT molecular complexity index is 978. The molecule has 0 aliphatic carbocycles. The number of benzene rings is 2. The highest BCUT2D eigenvalue weighted by atomic mass is 35.5. The van der Waals surface area contributed by atoms with Crippen LogP contribution in [0.4, 0.5) is 5.69 Å². The van der Waals surface area contributed by atoms with Crippen LogP contribution in [-0.4, -0.2) is 18.9 Å². The number of anilines is 1. The molecule has 0 saturated heterocycles. The number of carbonyl (C=O) groups excluding carboxylic acids is 2. The number of carbonyl (C=O) groups is 2. The van der Waals surface area contributed by atoms with E-state index in [0.29, 0.717) is 22.0 Å². The second-order valence-electron chi connectivity index (χ2n) is 5.72. The standard InChI is InChI=1S/C21H17ClN2O4/c1-27-17-10-8-16(9-11-17)23-20(25)18(13-14-4-6-15(22)7-5-14)24-21(26)19-3-2-12-28-19/h2-13H,1H3,(H,23,25)(H,24,26)/b18-13+. The molecule has 1 heterocycles. The van der Waals surface area contributed by atoms with E-state index in [0.717, 1.165) is 0 Å². The highest BCUT2D eigenvalue weighted by Gasteiger charge is 2.16. The summed E-state index contributed by atoms with van der Waals surface area (Å²) in [5.41, 5.74) is 1.31. The van der Waals surface area contributed by atoms with Gasteiger partial charge in [-0.25, -0.2) is 0 Å². The van der Waals surface area contributed by atoms with Crippen molar-refractivity contribution in [1.82, 2.24) is 5.32 Å². The molecule has 2 amide bonds. The van der Waals surface area contributed by atoms with E-state index >= 15 is 0 Å². The average Bonchev–Trinajstić information content (AvgIpc) is 3.24. The number of furan rings is 1. The summed E-state index contributed by atoms with van der Waals surface area (Å²) in [5.74, 6) is -0.254. The summed E-state index contributed by atoms with van der Waals surface area (Å²) in [4.78, 5) is 25.1. The lowest BCUT2D eigenvalue weighted by molar-refractivity contribution is -0.113. The van der Waals surface area contributed by atoms with E-state index in [1.165, 1.54) is 12.3 Å². The molecule has 0 unspecified atom stereocenters. The molecule has 0 atom stereocenters. The van der Waals surface area contributed by atoms with E-state index in [-0.39, 0.29) is 11.5 Å². The Morgan fingerprint density at radius 1 is 1.04 bits per heavy atom. The van der Waals surface area contributed by atoms with Crippen molar-refractivity contribution in [3.05, 3.63) is 89.0 Å². The molecular weight excluding hydrogens is 380 g/mol. The monoisotopic (exact) mass is 396 g/mol. The maximum atomic E-state index is 12.8. The molecule has 28 heavy (non-hydrogen) atoms. The summed E-state index contributed by atoms with van der Waals surface area (Å²) in [6.07, 6.45) is 2.94. The van der Waals surface area contributed by atoms with E-state index in [1.807, 2.05) is 0 Å². The number of ether oxygens (including phenoxy) is 1. The fourth-order valence-corrected chi connectivity index (χ4v) is 2.47. The van der Waals surface area contributed by atoms with Gasteiger partial charge in [-0.3, -0.25) is 9.59 Å². The third-order valence-corrected chi connectivity index (χ3v) is 4.02. The Kier molecular flexibility index (Phi) is 6.14. The molecule has 6 nitrogen and oxygen atoms in total. The topological polar surface area (TPSA) is 80.6 Å². The van der Waals surface area contributed by atoms with Gasteiger partial charge in [-0.2, -0.15) is 0 Å². The van der Waals surface area contributed by atoms with Crippen LogP contribution < -0.4 is 15.4 Å². The Morgan fingerprint density at radius 2 is 1.75 bits per heavy atom. The zero-order valence-electron chi connectivity index (χ0n) is 14.9. The third-order valence-electron chi connectivity index (χ3n) is 3.77. The molecule has 3 aromatic rings. The fourth-order valence-electron chi connectivity index (χ4n) is 2.35. The van der Waals surface area contributed by atoms with E-state index in [4.69, 9.17) is 20.8 Å². The highest BCUT2D eigenvalue weighted by Crippen LogP contribution is 2.17. The molecular formula is C21H17ClN2O4. The zero-order valence-corrected chi connectivity index (χ0v) is 15.7. The van der Waals surface area contributed by atoms with E-state index in [9.17, 15) is 9.59 Å². The minimum Gasteiger partial charge on any atom is -0.497 e. The molecule has 0 saturated carbocycles. The lowest BCUT2D eigenvalue weighted by Gasteiger charge is -2.11. The predicted octanol–water partition coefficient (Wildman–Crippen LogP) is 4.35. The quantitative estimate of drug-likeness (QED) is 0.607. The number of rotatable bonds is 6. The second-order valence-corrected chi connectivity index (χ2v) is 6.16. The van der Waals surface area contributed by atoms with Crippen LogP contribution in [0.5, 0.6) is 5.75 Å². The molecule has 0 spiro atoms. The lowest BCUT2D eigenvalue weighted by Crippen LogP contribution is -2.30. The molecule has 0 fully saturated rings. The molecule has 1 aromatic heterocycles.